The number of sulfonamides is 1. The van der Waals surface area contributed by atoms with E-state index in [0.717, 1.165) is 18.2 Å². The van der Waals surface area contributed by atoms with Crippen LogP contribution in [0.1, 0.15) is 12.0 Å². The molecule has 2 N–H and O–H groups in total. The van der Waals surface area contributed by atoms with Gasteiger partial charge in [0.05, 0.1) is 32.1 Å². The van der Waals surface area contributed by atoms with Gasteiger partial charge in [0, 0.05) is 35.6 Å². The van der Waals surface area contributed by atoms with Gasteiger partial charge >= 0.3 is 6.18 Å². The molecule has 3 rings (SSSR count). The van der Waals surface area contributed by atoms with Gasteiger partial charge in [0.25, 0.3) is 10.0 Å². The number of halogens is 4. The van der Waals surface area contributed by atoms with E-state index in [1.807, 2.05) is 0 Å². The molecule has 0 aromatic heterocycles. The lowest BCUT2D eigenvalue weighted by atomic mass is 10.1. The molecule has 2 aromatic carbocycles. The second-order valence-corrected chi connectivity index (χ2v) is 10.2. The maximum atomic E-state index is 13.6. The lowest BCUT2D eigenvalue weighted by Gasteiger charge is -2.20. The van der Waals surface area contributed by atoms with Gasteiger partial charge in [-0.3, -0.25) is 9.62 Å². The first-order valence-corrected chi connectivity index (χ1v) is 12.3. The summed E-state index contributed by atoms with van der Waals surface area (Å²) in [4.78, 5) is 1.59. The van der Waals surface area contributed by atoms with Gasteiger partial charge in [-0.15, -0.1) is 0 Å². The standard InChI is InChI=1S/C21H24BrF3N2O6S/c1-27-10-14(7-13(27)11-28)33-17-6-12(4-5-15(17)21(23,24)25)26-34(29,30)20-9-19(32-3)18(31-2)8-16(20)22/h4-6,8-9,13-14,26,28H,7,10-11H2,1-3H3/t13-,14?/m1/s1. The molecular formula is C21H24BrF3N2O6S. The first kappa shape index (κ1) is 26.4. The summed E-state index contributed by atoms with van der Waals surface area (Å²) >= 11 is 3.18. The molecule has 2 aromatic rings. The number of likely N-dealkylation sites (N-methyl/N-ethyl adjacent to an activating group) is 1. The van der Waals surface area contributed by atoms with Crippen LogP contribution >= 0.6 is 15.9 Å². The van der Waals surface area contributed by atoms with Crippen molar-refractivity contribution in [3.05, 3.63) is 40.4 Å². The summed E-state index contributed by atoms with van der Waals surface area (Å²) in [6.45, 7) is 0.166. The molecule has 0 bridgehead atoms. The van der Waals surface area contributed by atoms with E-state index >= 15 is 0 Å². The SMILES string of the molecule is COc1cc(Br)c(S(=O)(=O)Nc2ccc(C(F)(F)F)c(OC3C[C@H](CO)N(C)C3)c2)cc1OC. The number of methoxy groups -OCH3 is 2. The lowest BCUT2D eigenvalue weighted by molar-refractivity contribution is -0.139. The van der Waals surface area contributed by atoms with Crippen molar-refractivity contribution >= 4 is 31.6 Å². The van der Waals surface area contributed by atoms with Gasteiger partial charge in [0.15, 0.2) is 11.5 Å². The van der Waals surface area contributed by atoms with Gasteiger partial charge in [-0.05, 0) is 41.2 Å². The fraction of sp³-hybridized carbons (Fsp3) is 0.429. The number of nitrogens with zero attached hydrogens (tertiary/aromatic N) is 1. The van der Waals surface area contributed by atoms with Crippen molar-refractivity contribution in [2.75, 3.05) is 39.1 Å². The van der Waals surface area contributed by atoms with E-state index in [2.05, 4.69) is 20.7 Å². The number of aliphatic hydroxyl groups excluding tert-OH is 1. The number of benzene rings is 2. The number of alkyl halides is 3. The third-order valence-electron chi connectivity index (χ3n) is 5.42. The molecule has 1 fully saturated rings. The van der Waals surface area contributed by atoms with E-state index < -0.39 is 33.6 Å². The van der Waals surface area contributed by atoms with Crippen LogP contribution in [0.2, 0.25) is 0 Å². The second kappa shape index (κ2) is 10.2. The summed E-state index contributed by atoms with van der Waals surface area (Å²) in [5.74, 6) is -0.0522. The zero-order valence-corrected chi connectivity index (χ0v) is 20.9. The maximum absolute atomic E-state index is 13.6. The first-order chi connectivity index (χ1) is 15.9. The average Bonchev–Trinajstić information content (AvgIpc) is 3.11. The molecular weight excluding hydrogens is 545 g/mol. The van der Waals surface area contributed by atoms with E-state index in [1.165, 1.54) is 26.4 Å². The van der Waals surface area contributed by atoms with Crippen LogP contribution in [0.25, 0.3) is 0 Å². The number of rotatable bonds is 8. The van der Waals surface area contributed by atoms with Gasteiger partial charge in [-0.25, -0.2) is 8.42 Å². The van der Waals surface area contributed by atoms with E-state index in [-0.39, 0.29) is 33.5 Å². The molecule has 0 aliphatic carbocycles. The van der Waals surface area contributed by atoms with Crippen molar-refractivity contribution in [2.45, 2.75) is 29.6 Å². The molecule has 34 heavy (non-hydrogen) atoms. The van der Waals surface area contributed by atoms with Crippen LogP contribution in [-0.4, -0.2) is 65.0 Å². The molecule has 1 heterocycles. The molecule has 2 atom stereocenters. The Kier molecular flexibility index (Phi) is 7.90. The van der Waals surface area contributed by atoms with Crippen molar-refractivity contribution in [1.82, 2.24) is 4.90 Å². The van der Waals surface area contributed by atoms with Crippen LogP contribution in [0, 0.1) is 0 Å². The smallest absolute Gasteiger partial charge is 0.419 e. The Balaban J connectivity index is 1.94. The third-order valence-corrected chi connectivity index (χ3v) is 7.76. The Labute approximate surface area is 203 Å². The second-order valence-electron chi connectivity index (χ2n) is 7.70. The molecule has 1 aliphatic rings. The maximum Gasteiger partial charge on any atom is 0.419 e. The fourth-order valence-corrected chi connectivity index (χ4v) is 5.76. The minimum atomic E-state index is -4.71. The molecule has 1 aliphatic heterocycles. The summed E-state index contributed by atoms with van der Waals surface area (Å²) in [7, 11) is 0.249. The van der Waals surface area contributed by atoms with Crippen LogP contribution < -0.4 is 18.9 Å². The highest BCUT2D eigenvalue weighted by atomic mass is 79.9. The molecule has 1 unspecified atom stereocenters. The van der Waals surface area contributed by atoms with Gasteiger partial charge in [-0.2, -0.15) is 13.2 Å². The molecule has 0 radical (unpaired) electrons. The molecule has 13 heteroatoms. The molecule has 8 nitrogen and oxygen atoms in total. The predicted molar refractivity (Wildman–Crippen MR) is 122 cm³/mol. The topological polar surface area (TPSA) is 97.3 Å². The normalized spacial score (nSPS) is 19.2. The summed E-state index contributed by atoms with van der Waals surface area (Å²) in [5, 5.41) is 9.40. The lowest BCUT2D eigenvalue weighted by Crippen LogP contribution is -2.28. The Morgan fingerprint density at radius 2 is 1.79 bits per heavy atom. The van der Waals surface area contributed by atoms with E-state index in [0.29, 0.717) is 18.7 Å². The largest absolute Gasteiger partial charge is 0.493 e. The summed E-state index contributed by atoms with van der Waals surface area (Å²) in [6, 6.07) is 5.18. The Morgan fingerprint density at radius 1 is 1.15 bits per heavy atom. The van der Waals surface area contributed by atoms with Crippen molar-refractivity contribution in [3.8, 4) is 17.2 Å². The van der Waals surface area contributed by atoms with Crippen LogP contribution in [0.5, 0.6) is 17.2 Å². The number of anilines is 1. The Hall–Kier alpha value is -2.22. The van der Waals surface area contributed by atoms with Gasteiger partial charge < -0.3 is 19.3 Å². The zero-order valence-electron chi connectivity index (χ0n) is 18.5. The number of likely N-dealkylation sites (tertiary alicyclic amines) is 1. The fourth-order valence-electron chi connectivity index (χ4n) is 3.68. The summed E-state index contributed by atoms with van der Waals surface area (Å²) in [6.07, 6.45) is -4.98. The highest BCUT2D eigenvalue weighted by Gasteiger charge is 2.37. The number of hydrogen-bond acceptors (Lipinski definition) is 7. The number of aliphatic hydroxyl groups is 1. The van der Waals surface area contributed by atoms with E-state index in [4.69, 9.17) is 14.2 Å². The molecule has 0 spiro atoms. The number of nitrogens with one attached hydrogen (secondary N) is 1. The van der Waals surface area contributed by atoms with Gasteiger partial charge in [-0.1, -0.05) is 0 Å². The number of hydrogen-bond donors (Lipinski definition) is 2. The quantitative estimate of drug-likeness (QED) is 0.500. The van der Waals surface area contributed by atoms with Crippen LogP contribution in [0.4, 0.5) is 18.9 Å². The van der Waals surface area contributed by atoms with Crippen molar-refractivity contribution < 1.29 is 40.9 Å². The number of ether oxygens (including phenoxy) is 3. The molecule has 0 amide bonds. The van der Waals surface area contributed by atoms with Gasteiger partial charge in [0.2, 0.25) is 0 Å². The Bertz CT molecular complexity index is 1150. The minimum absolute atomic E-state index is 0.116. The Morgan fingerprint density at radius 3 is 2.35 bits per heavy atom. The highest BCUT2D eigenvalue weighted by Crippen LogP contribution is 2.40. The molecule has 188 valence electrons. The van der Waals surface area contributed by atoms with Crippen molar-refractivity contribution in [1.29, 1.82) is 0 Å². The van der Waals surface area contributed by atoms with E-state index in [9.17, 15) is 26.7 Å². The zero-order chi connectivity index (χ0) is 25.3. The van der Waals surface area contributed by atoms with E-state index in [1.54, 1.807) is 11.9 Å². The highest BCUT2D eigenvalue weighted by molar-refractivity contribution is 9.10. The average molecular weight is 569 g/mol. The predicted octanol–water partition coefficient (Wildman–Crippen LogP) is 3.73. The molecule has 1 saturated heterocycles. The van der Waals surface area contributed by atoms with Crippen LogP contribution in [-0.2, 0) is 16.2 Å². The minimum Gasteiger partial charge on any atom is -0.493 e. The van der Waals surface area contributed by atoms with Gasteiger partial charge in [0.1, 0.15) is 16.7 Å². The van der Waals surface area contributed by atoms with Crippen LogP contribution in [0.3, 0.4) is 0 Å². The summed E-state index contributed by atoms with van der Waals surface area (Å²) in [5.41, 5.74) is -1.15. The first-order valence-electron chi connectivity index (χ1n) is 10.0. The van der Waals surface area contributed by atoms with Crippen molar-refractivity contribution in [3.63, 3.8) is 0 Å². The third kappa shape index (κ3) is 5.70. The van der Waals surface area contributed by atoms with Crippen molar-refractivity contribution in [2.24, 2.45) is 0 Å². The van der Waals surface area contributed by atoms with Crippen LogP contribution in [0.15, 0.2) is 39.7 Å². The monoisotopic (exact) mass is 568 g/mol. The molecule has 0 saturated carbocycles. The summed E-state index contributed by atoms with van der Waals surface area (Å²) < 4.78 is 85.2.